The van der Waals surface area contributed by atoms with Crippen LogP contribution in [0.5, 0.6) is 0 Å². The second-order valence-corrected chi connectivity index (χ2v) is 11.1. The summed E-state index contributed by atoms with van der Waals surface area (Å²) in [4.78, 5) is 4.86. The van der Waals surface area contributed by atoms with Gasteiger partial charge < -0.3 is 0 Å². The van der Waals surface area contributed by atoms with Gasteiger partial charge in [-0.3, -0.25) is 0 Å². The summed E-state index contributed by atoms with van der Waals surface area (Å²) in [5.74, 6) is 2.47. The molecule has 0 fully saturated rings. The van der Waals surface area contributed by atoms with Crippen molar-refractivity contribution >= 4 is 26.3 Å². The van der Waals surface area contributed by atoms with Crippen LogP contribution in [0.3, 0.4) is 0 Å². The fourth-order valence-electron chi connectivity index (χ4n) is 3.66. The Morgan fingerprint density at radius 3 is 1.76 bits per heavy atom. The van der Waals surface area contributed by atoms with Crippen molar-refractivity contribution < 1.29 is 0 Å². The van der Waals surface area contributed by atoms with Crippen LogP contribution in [0.1, 0.15) is 118 Å². The van der Waals surface area contributed by atoms with E-state index >= 15 is 0 Å². The number of thioether (sulfide) groups is 1. The number of nitrogens with zero attached hydrogens (tertiary/aromatic N) is 1. The van der Waals surface area contributed by atoms with E-state index < -0.39 is 0 Å². The minimum atomic E-state index is 0.634. The zero-order chi connectivity index (χ0) is 17.6. The molecule has 0 aromatic carbocycles. The third-order valence-electron chi connectivity index (χ3n) is 5.29. The van der Waals surface area contributed by atoms with Gasteiger partial charge in [-0.1, -0.05) is 39.0 Å². The molecule has 25 heavy (non-hydrogen) atoms. The molecular formula is C22H39NSSe. The predicted molar refractivity (Wildman–Crippen MR) is 115 cm³/mol. The Morgan fingerprint density at radius 2 is 1.24 bits per heavy atom. The molecule has 0 radical (unpaired) electrons. The van der Waals surface area contributed by atoms with Gasteiger partial charge in [-0.2, -0.15) is 0 Å². The normalized spacial score (nSPS) is 13.5. The maximum atomic E-state index is 4.86. The summed E-state index contributed by atoms with van der Waals surface area (Å²) in [7, 11) is 0. The van der Waals surface area contributed by atoms with E-state index in [1.165, 1.54) is 120 Å². The molecule has 0 bridgehead atoms. The fraction of sp³-hybridized carbons (Fsp3) is 0.864. The standard InChI is InChI=1S/C22H39NSSe/c1-2-3-4-5-6-7-8-9-10-11-12-13-14-15-16-17-22-23-20-18-24-19-21(20)25-22/h2-19H2,1H3. The summed E-state index contributed by atoms with van der Waals surface area (Å²) in [5.41, 5.74) is 1.46. The number of rotatable bonds is 16. The van der Waals surface area contributed by atoms with Gasteiger partial charge in [0.25, 0.3) is 0 Å². The molecule has 1 aliphatic heterocycles. The van der Waals surface area contributed by atoms with E-state index in [1.807, 2.05) is 0 Å². The van der Waals surface area contributed by atoms with Gasteiger partial charge >= 0.3 is 128 Å². The Morgan fingerprint density at radius 1 is 0.720 bits per heavy atom. The van der Waals surface area contributed by atoms with E-state index in [1.54, 1.807) is 9.01 Å². The van der Waals surface area contributed by atoms with Crippen molar-refractivity contribution in [3.8, 4) is 0 Å². The zero-order valence-corrected chi connectivity index (χ0v) is 19.0. The molecule has 0 unspecified atom stereocenters. The minimum absolute atomic E-state index is 0.634. The molecule has 0 saturated carbocycles. The third-order valence-corrected chi connectivity index (χ3v) is 9.10. The van der Waals surface area contributed by atoms with Gasteiger partial charge in [0.1, 0.15) is 0 Å². The summed E-state index contributed by atoms with van der Waals surface area (Å²) in [6.45, 7) is 2.30. The van der Waals surface area contributed by atoms with Gasteiger partial charge in [-0.05, 0) is 0 Å². The number of hydrogen-bond donors (Lipinski definition) is 0. The van der Waals surface area contributed by atoms with Crippen LogP contribution in [-0.4, -0.2) is 19.5 Å². The Kier molecular flexibility index (Phi) is 12.4. The summed E-state index contributed by atoms with van der Waals surface area (Å²) >= 11 is 2.69. The first-order valence-electron chi connectivity index (χ1n) is 11.0. The van der Waals surface area contributed by atoms with Gasteiger partial charge in [-0.25, -0.2) is 0 Å². The van der Waals surface area contributed by atoms with Gasteiger partial charge in [0.15, 0.2) is 0 Å². The molecule has 144 valence electrons. The average Bonchev–Trinajstić information content (AvgIpc) is 3.20. The van der Waals surface area contributed by atoms with Crippen molar-refractivity contribution in [1.29, 1.82) is 0 Å². The van der Waals surface area contributed by atoms with E-state index in [0.717, 1.165) is 0 Å². The van der Waals surface area contributed by atoms with Crippen LogP contribution in [0.4, 0.5) is 0 Å². The van der Waals surface area contributed by atoms with Crippen molar-refractivity contribution in [2.75, 3.05) is 0 Å². The number of hydrogen-bond acceptors (Lipinski definition) is 2. The van der Waals surface area contributed by atoms with Crippen molar-refractivity contribution in [3.05, 3.63) is 14.7 Å². The van der Waals surface area contributed by atoms with E-state index in [4.69, 9.17) is 4.98 Å². The summed E-state index contributed by atoms with van der Waals surface area (Å²) in [6.07, 6.45) is 23.1. The van der Waals surface area contributed by atoms with Crippen LogP contribution in [-0.2, 0) is 17.9 Å². The SMILES string of the molecule is CCCCCCCCCCCCCCCCCc1nc2c([se]1)CSC2. The molecule has 0 amide bonds. The third kappa shape index (κ3) is 9.68. The Hall–Kier alpha value is 0.279. The van der Waals surface area contributed by atoms with E-state index in [2.05, 4.69) is 18.7 Å². The zero-order valence-electron chi connectivity index (χ0n) is 16.5. The van der Waals surface area contributed by atoms with Crippen LogP contribution in [0.15, 0.2) is 0 Å². The van der Waals surface area contributed by atoms with Crippen LogP contribution in [0.2, 0.25) is 0 Å². The van der Waals surface area contributed by atoms with E-state index in [0.29, 0.717) is 14.5 Å². The molecule has 0 aliphatic carbocycles. The van der Waals surface area contributed by atoms with E-state index in [-0.39, 0.29) is 0 Å². The maximum absolute atomic E-state index is 4.86. The summed E-state index contributed by atoms with van der Waals surface area (Å²) in [6, 6.07) is 0. The topological polar surface area (TPSA) is 12.9 Å². The molecule has 0 N–H and O–H groups in total. The molecule has 1 aliphatic rings. The Balaban J connectivity index is 1.29. The fourth-order valence-corrected chi connectivity index (χ4v) is 7.64. The molecule has 1 aromatic heterocycles. The monoisotopic (exact) mass is 429 g/mol. The van der Waals surface area contributed by atoms with Gasteiger partial charge in [0.2, 0.25) is 0 Å². The molecule has 0 saturated heterocycles. The molecule has 2 rings (SSSR count). The first kappa shape index (κ1) is 21.6. The first-order chi connectivity index (χ1) is 12.4. The number of unbranched alkanes of at least 4 members (excludes halogenated alkanes) is 14. The molecule has 3 heteroatoms. The quantitative estimate of drug-likeness (QED) is 0.202. The van der Waals surface area contributed by atoms with E-state index in [9.17, 15) is 0 Å². The second-order valence-electron chi connectivity index (χ2n) is 7.67. The molecular weight excluding hydrogens is 389 g/mol. The first-order valence-corrected chi connectivity index (χ1v) is 13.8. The Bertz CT molecular complexity index is 422. The molecule has 1 aromatic rings. The van der Waals surface area contributed by atoms with Crippen LogP contribution >= 0.6 is 11.8 Å². The molecule has 2 heterocycles. The van der Waals surface area contributed by atoms with Crippen molar-refractivity contribution in [3.63, 3.8) is 0 Å². The van der Waals surface area contributed by atoms with Crippen LogP contribution < -0.4 is 0 Å². The predicted octanol–water partition coefficient (Wildman–Crippen LogP) is 7.30. The summed E-state index contributed by atoms with van der Waals surface area (Å²) < 4.78 is 3.25. The van der Waals surface area contributed by atoms with Crippen molar-refractivity contribution in [2.45, 2.75) is 121 Å². The number of fused-ring (bicyclic) bond motifs is 1. The van der Waals surface area contributed by atoms with Gasteiger partial charge in [0.05, 0.1) is 0 Å². The average molecular weight is 429 g/mol. The van der Waals surface area contributed by atoms with Crippen molar-refractivity contribution in [2.24, 2.45) is 0 Å². The van der Waals surface area contributed by atoms with Crippen LogP contribution in [0, 0.1) is 0 Å². The Labute approximate surface area is 166 Å². The molecule has 0 spiro atoms. The molecule has 1 nitrogen and oxygen atoms in total. The van der Waals surface area contributed by atoms with Crippen LogP contribution in [0.25, 0.3) is 0 Å². The molecule has 0 atom stereocenters. The number of aryl methyl sites for hydroxylation is 1. The summed E-state index contributed by atoms with van der Waals surface area (Å²) in [5, 5.41) is 0. The van der Waals surface area contributed by atoms with Crippen molar-refractivity contribution in [1.82, 2.24) is 4.98 Å². The van der Waals surface area contributed by atoms with Gasteiger partial charge in [0, 0.05) is 0 Å². The number of aromatic nitrogens is 1. The van der Waals surface area contributed by atoms with Gasteiger partial charge in [-0.15, -0.1) is 0 Å². The second kappa shape index (κ2) is 14.4.